The minimum absolute atomic E-state index is 0.0156. The minimum atomic E-state index is -0.127. The quantitative estimate of drug-likeness (QED) is 0.826. The third-order valence-electron chi connectivity index (χ3n) is 4.76. The van der Waals surface area contributed by atoms with Crippen molar-refractivity contribution >= 4 is 5.91 Å². The van der Waals surface area contributed by atoms with Gasteiger partial charge >= 0.3 is 0 Å². The lowest BCUT2D eigenvalue weighted by Gasteiger charge is -2.37. The molecule has 0 saturated carbocycles. The maximum Gasteiger partial charge on any atom is 0.237 e. The molecule has 0 spiro atoms. The Kier molecular flexibility index (Phi) is 6.57. The van der Waals surface area contributed by atoms with Crippen LogP contribution in [0.25, 0.3) is 0 Å². The van der Waals surface area contributed by atoms with Crippen LogP contribution in [0.1, 0.15) is 31.0 Å². The van der Waals surface area contributed by atoms with Crippen LogP contribution < -0.4 is 5.32 Å². The summed E-state index contributed by atoms with van der Waals surface area (Å²) < 4.78 is 0. The second kappa shape index (κ2) is 8.43. The molecule has 2 rings (SSSR count). The Hall–Kier alpha value is -1.43. The van der Waals surface area contributed by atoms with E-state index in [1.54, 1.807) is 0 Å². The van der Waals surface area contributed by atoms with E-state index in [4.69, 9.17) is 5.11 Å². The van der Waals surface area contributed by atoms with Crippen LogP contribution in [0.3, 0.4) is 0 Å². The average molecular weight is 319 g/mol. The van der Waals surface area contributed by atoms with Crippen LogP contribution in [0.2, 0.25) is 0 Å². The Balaban J connectivity index is 1.87. The lowest BCUT2D eigenvalue weighted by atomic mass is 10.0. The minimum Gasteiger partial charge on any atom is -0.395 e. The van der Waals surface area contributed by atoms with Gasteiger partial charge in [0.1, 0.15) is 0 Å². The Morgan fingerprint density at radius 3 is 2.48 bits per heavy atom. The zero-order valence-electron chi connectivity index (χ0n) is 14.5. The van der Waals surface area contributed by atoms with Gasteiger partial charge in [-0.3, -0.25) is 14.6 Å². The first-order valence-corrected chi connectivity index (χ1v) is 8.46. The highest BCUT2D eigenvalue weighted by atomic mass is 16.3. The first kappa shape index (κ1) is 17.9. The van der Waals surface area contributed by atoms with E-state index in [1.807, 2.05) is 26.0 Å². The highest BCUT2D eigenvalue weighted by Crippen LogP contribution is 2.17. The van der Waals surface area contributed by atoms with Crippen molar-refractivity contribution in [3.8, 4) is 0 Å². The maximum absolute atomic E-state index is 12.5. The van der Waals surface area contributed by atoms with Crippen LogP contribution in [-0.4, -0.2) is 66.2 Å². The highest BCUT2D eigenvalue weighted by molar-refractivity contribution is 5.81. The number of aliphatic hydroxyl groups is 1. The van der Waals surface area contributed by atoms with Crippen molar-refractivity contribution < 1.29 is 9.90 Å². The van der Waals surface area contributed by atoms with Crippen molar-refractivity contribution in [2.45, 2.75) is 32.9 Å². The molecule has 1 aliphatic rings. The molecular weight excluding hydrogens is 290 g/mol. The lowest BCUT2D eigenvalue weighted by molar-refractivity contribution is -0.127. The van der Waals surface area contributed by atoms with Gasteiger partial charge in [-0.25, -0.2) is 0 Å². The molecule has 0 radical (unpaired) electrons. The summed E-state index contributed by atoms with van der Waals surface area (Å²) in [4.78, 5) is 17.0. The lowest BCUT2D eigenvalue weighted by Crippen LogP contribution is -2.54. The summed E-state index contributed by atoms with van der Waals surface area (Å²) in [7, 11) is 0. The SMILES string of the molecule is Cc1ccccc1C(C)NC(=O)C(C)N1CCN(CCO)CC1. The van der Waals surface area contributed by atoms with Crippen LogP contribution in [0.5, 0.6) is 0 Å². The predicted molar refractivity (Wildman–Crippen MR) is 92.3 cm³/mol. The number of nitrogens with one attached hydrogen (secondary N) is 1. The number of nitrogens with zero attached hydrogens (tertiary/aromatic N) is 2. The van der Waals surface area contributed by atoms with Gasteiger partial charge < -0.3 is 10.4 Å². The number of aliphatic hydroxyl groups excluding tert-OH is 1. The summed E-state index contributed by atoms with van der Waals surface area (Å²) in [6, 6.07) is 8.05. The average Bonchev–Trinajstić information content (AvgIpc) is 2.55. The number of carbonyl (C=O) groups is 1. The summed E-state index contributed by atoms with van der Waals surface area (Å²) in [5.41, 5.74) is 2.37. The molecule has 128 valence electrons. The molecule has 0 bridgehead atoms. The predicted octanol–water partition coefficient (Wildman–Crippen LogP) is 1.17. The van der Waals surface area contributed by atoms with Gasteiger partial charge in [0.05, 0.1) is 18.7 Å². The first-order chi connectivity index (χ1) is 11.0. The molecule has 1 aliphatic heterocycles. The summed E-state index contributed by atoms with van der Waals surface area (Å²) in [6.07, 6.45) is 0. The molecule has 1 aromatic rings. The van der Waals surface area contributed by atoms with Gasteiger partial charge in [-0.15, -0.1) is 0 Å². The zero-order valence-corrected chi connectivity index (χ0v) is 14.5. The van der Waals surface area contributed by atoms with E-state index in [9.17, 15) is 4.79 Å². The van der Waals surface area contributed by atoms with Crippen LogP contribution in [0.15, 0.2) is 24.3 Å². The van der Waals surface area contributed by atoms with E-state index in [0.717, 1.165) is 32.7 Å². The van der Waals surface area contributed by atoms with E-state index < -0.39 is 0 Å². The smallest absolute Gasteiger partial charge is 0.237 e. The molecule has 2 atom stereocenters. The molecule has 1 aromatic carbocycles. The van der Waals surface area contributed by atoms with Gasteiger partial charge in [-0.05, 0) is 31.9 Å². The van der Waals surface area contributed by atoms with E-state index >= 15 is 0 Å². The van der Waals surface area contributed by atoms with Crippen LogP contribution >= 0.6 is 0 Å². The number of rotatable bonds is 6. The Labute approximate surface area is 139 Å². The summed E-state index contributed by atoms with van der Waals surface area (Å²) in [5.74, 6) is 0.0800. The first-order valence-electron chi connectivity index (χ1n) is 8.46. The van der Waals surface area contributed by atoms with Crippen LogP contribution in [-0.2, 0) is 4.79 Å². The van der Waals surface area contributed by atoms with E-state index in [0.29, 0.717) is 0 Å². The molecule has 2 unspecified atom stereocenters. The van der Waals surface area contributed by atoms with Crippen molar-refractivity contribution in [2.24, 2.45) is 0 Å². The van der Waals surface area contributed by atoms with Crippen molar-refractivity contribution in [1.29, 1.82) is 0 Å². The fourth-order valence-corrected chi connectivity index (χ4v) is 3.17. The third kappa shape index (κ3) is 4.77. The third-order valence-corrected chi connectivity index (χ3v) is 4.76. The summed E-state index contributed by atoms with van der Waals surface area (Å²) in [5, 5.41) is 12.1. The molecule has 1 heterocycles. The van der Waals surface area contributed by atoms with Crippen molar-refractivity contribution in [1.82, 2.24) is 15.1 Å². The molecule has 0 aromatic heterocycles. The number of piperazine rings is 1. The molecular formula is C18H29N3O2. The number of aryl methyl sites for hydroxylation is 1. The maximum atomic E-state index is 12.5. The Morgan fingerprint density at radius 2 is 1.87 bits per heavy atom. The molecule has 1 saturated heterocycles. The molecule has 5 heteroatoms. The van der Waals surface area contributed by atoms with Gasteiger partial charge in [0, 0.05) is 32.7 Å². The molecule has 0 aliphatic carbocycles. The molecule has 23 heavy (non-hydrogen) atoms. The van der Waals surface area contributed by atoms with Gasteiger partial charge in [0.15, 0.2) is 0 Å². The second-order valence-electron chi connectivity index (χ2n) is 6.36. The van der Waals surface area contributed by atoms with Crippen molar-refractivity contribution in [3.63, 3.8) is 0 Å². The van der Waals surface area contributed by atoms with E-state index in [1.165, 1.54) is 11.1 Å². The molecule has 5 nitrogen and oxygen atoms in total. The molecule has 1 fully saturated rings. The fraction of sp³-hybridized carbons (Fsp3) is 0.611. The number of benzene rings is 1. The van der Waals surface area contributed by atoms with Gasteiger partial charge in [0.2, 0.25) is 5.91 Å². The number of hydrogen-bond acceptors (Lipinski definition) is 4. The monoisotopic (exact) mass is 319 g/mol. The Bertz CT molecular complexity index is 513. The molecule has 1 amide bonds. The van der Waals surface area contributed by atoms with E-state index in [2.05, 4.69) is 34.2 Å². The van der Waals surface area contributed by atoms with Gasteiger partial charge in [-0.1, -0.05) is 24.3 Å². The van der Waals surface area contributed by atoms with Crippen LogP contribution in [0.4, 0.5) is 0 Å². The Morgan fingerprint density at radius 1 is 1.22 bits per heavy atom. The zero-order chi connectivity index (χ0) is 16.8. The standard InChI is InChI=1S/C18H29N3O2/c1-14-6-4-5-7-17(14)15(2)19-18(23)16(3)21-10-8-20(9-11-21)12-13-22/h4-7,15-16,22H,8-13H2,1-3H3,(H,19,23). The number of β-amino-alcohol motifs (C(OH)–C–C–N with tert-alkyl or cyclic N) is 1. The highest BCUT2D eigenvalue weighted by Gasteiger charge is 2.26. The number of amides is 1. The van der Waals surface area contributed by atoms with Gasteiger partial charge in [-0.2, -0.15) is 0 Å². The van der Waals surface area contributed by atoms with Gasteiger partial charge in [0.25, 0.3) is 0 Å². The summed E-state index contributed by atoms with van der Waals surface area (Å²) in [6.45, 7) is 10.6. The van der Waals surface area contributed by atoms with Crippen LogP contribution in [0, 0.1) is 6.92 Å². The normalized spacial score (nSPS) is 19.3. The van der Waals surface area contributed by atoms with Crippen molar-refractivity contribution in [3.05, 3.63) is 35.4 Å². The number of hydrogen-bond donors (Lipinski definition) is 2. The number of carbonyl (C=O) groups excluding carboxylic acids is 1. The summed E-state index contributed by atoms with van der Waals surface area (Å²) >= 11 is 0. The topological polar surface area (TPSA) is 55.8 Å². The largest absolute Gasteiger partial charge is 0.395 e. The van der Waals surface area contributed by atoms with Crippen molar-refractivity contribution in [2.75, 3.05) is 39.3 Å². The molecule has 2 N–H and O–H groups in total. The van der Waals surface area contributed by atoms with E-state index in [-0.39, 0.29) is 24.6 Å². The second-order valence-corrected chi connectivity index (χ2v) is 6.36. The fourth-order valence-electron chi connectivity index (χ4n) is 3.17.